The van der Waals surface area contributed by atoms with Crippen LogP contribution in [0.3, 0.4) is 0 Å². The van der Waals surface area contributed by atoms with Crippen LogP contribution in [-0.4, -0.2) is 36.9 Å². The van der Waals surface area contributed by atoms with E-state index in [1.54, 1.807) is 6.07 Å². The number of carbonyl (C=O) groups is 1. The fraction of sp³-hybridized carbons (Fsp3) is 0.417. The van der Waals surface area contributed by atoms with Gasteiger partial charge in [0, 0.05) is 25.0 Å². The van der Waals surface area contributed by atoms with Gasteiger partial charge in [-0.3, -0.25) is 4.79 Å². The van der Waals surface area contributed by atoms with E-state index in [4.69, 9.17) is 16.3 Å². The molecule has 0 unspecified atom stereocenters. The number of halogens is 2. The summed E-state index contributed by atoms with van der Waals surface area (Å²) in [7, 11) is 1.45. The molecule has 3 nitrogen and oxygen atoms in total. The average Bonchev–Trinajstić information content (AvgIpc) is 2.35. The lowest BCUT2D eigenvalue weighted by molar-refractivity contribution is 0.0769. The summed E-state index contributed by atoms with van der Waals surface area (Å²) in [5.74, 6) is -0.215. The van der Waals surface area contributed by atoms with Gasteiger partial charge in [-0.25, -0.2) is 4.39 Å². The number of methoxy groups -OCH3 is 1. The SMILES string of the molecule is CCN(CCCl)C(=O)c1ccc(OC)cc1F. The lowest BCUT2D eigenvalue weighted by Gasteiger charge is -2.19. The Balaban J connectivity index is 2.95. The van der Waals surface area contributed by atoms with Gasteiger partial charge in [0.2, 0.25) is 0 Å². The molecule has 94 valence electrons. The van der Waals surface area contributed by atoms with Crippen LogP contribution < -0.4 is 4.74 Å². The summed E-state index contributed by atoms with van der Waals surface area (Å²) in [5.41, 5.74) is 0.0396. The topological polar surface area (TPSA) is 29.5 Å². The predicted octanol–water partition coefficient (Wildman–Crippen LogP) is 2.54. The summed E-state index contributed by atoms with van der Waals surface area (Å²) < 4.78 is 18.5. The minimum absolute atomic E-state index is 0.0396. The molecule has 1 amide bonds. The van der Waals surface area contributed by atoms with Crippen LogP contribution in [0.15, 0.2) is 18.2 Å². The number of hydrogen-bond donors (Lipinski definition) is 0. The normalized spacial score (nSPS) is 10.1. The lowest BCUT2D eigenvalue weighted by atomic mass is 10.1. The van der Waals surface area contributed by atoms with E-state index in [0.29, 0.717) is 24.7 Å². The van der Waals surface area contributed by atoms with Crippen molar-refractivity contribution in [3.05, 3.63) is 29.6 Å². The summed E-state index contributed by atoms with van der Waals surface area (Å²) in [5, 5.41) is 0. The largest absolute Gasteiger partial charge is 0.497 e. The van der Waals surface area contributed by atoms with E-state index in [2.05, 4.69) is 0 Å². The van der Waals surface area contributed by atoms with E-state index in [0.717, 1.165) is 0 Å². The standard InChI is InChI=1S/C12H15ClFNO2/c1-3-15(7-6-13)12(16)10-5-4-9(17-2)8-11(10)14/h4-5,8H,3,6-7H2,1-2H3. The Morgan fingerprint density at radius 3 is 2.71 bits per heavy atom. The van der Waals surface area contributed by atoms with Crippen LogP contribution >= 0.6 is 11.6 Å². The van der Waals surface area contributed by atoms with Crippen LogP contribution in [0, 0.1) is 5.82 Å². The predicted molar refractivity (Wildman–Crippen MR) is 65.2 cm³/mol. The van der Waals surface area contributed by atoms with Gasteiger partial charge in [-0.1, -0.05) is 0 Å². The number of amides is 1. The van der Waals surface area contributed by atoms with Gasteiger partial charge in [0.05, 0.1) is 12.7 Å². The molecule has 0 aromatic heterocycles. The summed E-state index contributed by atoms with van der Waals surface area (Å²) in [6, 6.07) is 4.18. The molecule has 1 aromatic rings. The molecule has 5 heteroatoms. The number of hydrogen-bond acceptors (Lipinski definition) is 2. The number of nitrogens with zero attached hydrogens (tertiary/aromatic N) is 1. The number of carbonyl (C=O) groups excluding carboxylic acids is 1. The molecular weight excluding hydrogens is 245 g/mol. The molecule has 0 atom stereocenters. The number of rotatable bonds is 5. The molecule has 0 aliphatic heterocycles. The molecule has 0 radical (unpaired) electrons. The van der Waals surface area contributed by atoms with Crippen molar-refractivity contribution in [2.24, 2.45) is 0 Å². The van der Waals surface area contributed by atoms with Crippen LogP contribution in [-0.2, 0) is 0 Å². The summed E-state index contributed by atoms with van der Waals surface area (Å²) in [6.07, 6.45) is 0. The Morgan fingerprint density at radius 1 is 1.53 bits per heavy atom. The molecule has 0 N–H and O–H groups in total. The van der Waals surface area contributed by atoms with Gasteiger partial charge in [-0.2, -0.15) is 0 Å². The highest BCUT2D eigenvalue weighted by molar-refractivity contribution is 6.18. The zero-order chi connectivity index (χ0) is 12.8. The van der Waals surface area contributed by atoms with Crippen molar-refractivity contribution in [3.8, 4) is 5.75 Å². The highest BCUT2D eigenvalue weighted by Crippen LogP contribution is 2.17. The molecule has 0 fully saturated rings. The first-order valence-electron chi connectivity index (χ1n) is 5.32. The summed E-state index contributed by atoms with van der Waals surface area (Å²) in [6.45, 7) is 2.73. The molecular formula is C12H15ClFNO2. The average molecular weight is 260 g/mol. The van der Waals surface area contributed by atoms with E-state index < -0.39 is 5.82 Å². The van der Waals surface area contributed by atoms with Crippen LogP contribution in [0.2, 0.25) is 0 Å². The first-order chi connectivity index (χ1) is 8.13. The van der Waals surface area contributed by atoms with Crippen LogP contribution in [0.1, 0.15) is 17.3 Å². The third-order valence-electron chi connectivity index (χ3n) is 2.43. The van der Waals surface area contributed by atoms with Gasteiger partial charge in [0.25, 0.3) is 5.91 Å². The molecule has 0 heterocycles. The van der Waals surface area contributed by atoms with E-state index in [1.807, 2.05) is 6.92 Å². The van der Waals surface area contributed by atoms with Crippen LogP contribution in [0.25, 0.3) is 0 Å². The van der Waals surface area contributed by atoms with Crippen LogP contribution in [0.5, 0.6) is 5.75 Å². The monoisotopic (exact) mass is 259 g/mol. The fourth-order valence-corrected chi connectivity index (χ4v) is 1.68. The second-order valence-corrected chi connectivity index (χ2v) is 3.80. The Hall–Kier alpha value is -1.29. The Bertz CT molecular complexity index is 398. The van der Waals surface area contributed by atoms with Crippen LogP contribution in [0.4, 0.5) is 4.39 Å². The maximum absolute atomic E-state index is 13.7. The van der Waals surface area contributed by atoms with Crippen molar-refractivity contribution in [3.63, 3.8) is 0 Å². The fourth-order valence-electron chi connectivity index (χ4n) is 1.47. The zero-order valence-corrected chi connectivity index (χ0v) is 10.6. The van der Waals surface area contributed by atoms with E-state index in [-0.39, 0.29) is 11.5 Å². The van der Waals surface area contributed by atoms with Gasteiger partial charge in [0.15, 0.2) is 0 Å². The highest BCUT2D eigenvalue weighted by atomic mass is 35.5. The minimum Gasteiger partial charge on any atom is -0.497 e. The van der Waals surface area contributed by atoms with Gasteiger partial charge >= 0.3 is 0 Å². The Kier molecular flexibility index (Phi) is 5.22. The van der Waals surface area contributed by atoms with Crippen molar-refractivity contribution >= 4 is 17.5 Å². The Morgan fingerprint density at radius 2 is 2.24 bits per heavy atom. The number of alkyl halides is 1. The number of benzene rings is 1. The molecule has 1 aromatic carbocycles. The van der Waals surface area contributed by atoms with E-state index in [1.165, 1.54) is 24.1 Å². The molecule has 0 aliphatic carbocycles. The lowest BCUT2D eigenvalue weighted by Crippen LogP contribution is -2.33. The third kappa shape index (κ3) is 3.33. The minimum atomic E-state index is -0.581. The Labute approximate surface area is 105 Å². The van der Waals surface area contributed by atoms with Crippen molar-refractivity contribution in [2.75, 3.05) is 26.1 Å². The number of ether oxygens (including phenoxy) is 1. The van der Waals surface area contributed by atoms with Crippen molar-refractivity contribution in [1.82, 2.24) is 4.90 Å². The summed E-state index contributed by atoms with van der Waals surface area (Å²) >= 11 is 5.59. The molecule has 0 saturated heterocycles. The molecule has 0 saturated carbocycles. The maximum atomic E-state index is 13.7. The van der Waals surface area contributed by atoms with Gasteiger partial charge < -0.3 is 9.64 Å². The van der Waals surface area contributed by atoms with Gasteiger partial charge in [0.1, 0.15) is 11.6 Å². The molecule has 1 rings (SSSR count). The molecule has 0 aliphatic rings. The molecule has 0 bridgehead atoms. The first-order valence-corrected chi connectivity index (χ1v) is 5.86. The zero-order valence-electron chi connectivity index (χ0n) is 9.87. The molecule has 0 spiro atoms. The highest BCUT2D eigenvalue weighted by Gasteiger charge is 2.17. The van der Waals surface area contributed by atoms with Crippen molar-refractivity contribution in [1.29, 1.82) is 0 Å². The smallest absolute Gasteiger partial charge is 0.256 e. The van der Waals surface area contributed by atoms with Crippen molar-refractivity contribution < 1.29 is 13.9 Å². The van der Waals surface area contributed by atoms with Gasteiger partial charge in [-0.15, -0.1) is 11.6 Å². The molecule has 17 heavy (non-hydrogen) atoms. The van der Waals surface area contributed by atoms with E-state index >= 15 is 0 Å². The van der Waals surface area contributed by atoms with E-state index in [9.17, 15) is 9.18 Å². The van der Waals surface area contributed by atoms with Crippen molar-refractivity contribution in [2.45, 2.75) is 6.92 Å². The summed E-state index contributed by atoms with van der Waals surface area (Å²) in [4.78, 5) is 13.5. The first kappa shape index (κ1) is 13.8. The third-order valence-corrected chi connectivity index (χ3v) is 2.60. The maximum Gasteiger partial charge on any atom is 0.256 e. The quantitative estimate of drug-likeness (QED) is 0.761. The second kappa shape index (κ2) is 6.45. The van der Waals surface area contributed by atoms with Gasteiger partial charge in [-0.05, 0) is 19.1 Å². The second-order valence-electron chi connectivity index (χ2n) is 3.42.